The number of anilines is 3. The van der Waals surface area contributed by atoms with Gasteiger partial charge in [-0.2, -0.15) is 13.2 Å². The van der Waals surface area contributed by atoms with Gasteiger partial charge < -0.3 is 10.2 Å². The van der Waals surface area contributed by atoms with Gasteiger partial charge in [0.25, 0.3) is 0 Å². The minimum Gasteiger partial charge on any atom is -0.355 e. The Hall–Kier alpha value is -2.82. The normalized spacial score (nSPS) is 20.9. The number of aromatic nitrogens is 1. The lowest BCUT2D eigenvalue weighted by atomic mass is 9.96. The molecule has 1 aromatic heterocycles. The molecule has 0 spiro atoms. The number of hydrogen-bond donors (Lipinski definition) is 1. The Morgan fingerprint density at radius 1 is 1.09 bits per heavy atom. The van der Waals surface area contributed by atoms with Gasteiger partial charge in [0.05, 0.1) is 22.9 Å². The number of piperidine rings is 1. The van der Waals surface area contributed by atoms with Gasteiger partial charge in [-0.05, 0) is 55.7 Å². The second-order valence-electron chi connectivity index (χ2n) is 7.94. The van der Waals surface area contributed by atoms with Crippen LogP contribution in [0.2, 0.25) is 0 Å². The number of carbonyl (C=O) groups is 1. The maximum Gasteiger partial charge on any atom is 0.419 e. The quantitative estimate of drug-likeness (QED) is 0.743. The van der Waals surface area contributed by atoms with E-state index >= 15 is 0 Å². The van der Waals surface area contributed by atoms with Crippen molar-refractivity contribution < 1.29 is 26.4 Å². The average molecular weight is 469 g/mol. The Bertz CT molecular complexity index is 1090. The topological polar surface area (TPSA) is 82.6 Å². The highest BCUT2D eigenvalue weighted by Gasteiger charge is 2.37. The number of nitrogens with one attached hydrogen (secondary N) is 1. The minimum absolute atomic E-state index is 0.121. The highest BCUT2D eigenvalue weighted by atomic mass is 32.2. The third kappa shape index (κ3) is 4.67. The van der Waals surface area contributed by atoms with E-state index in [4.69, 9.17) is 0 Å². The second-order valence-corrected chi connectivity index (χ2v) is 9.95. The number of carbonyl (C=O) groups excluding carboxylic acids is 1. The van der Waals surface area contributed by atoms with Crippen LogP contribution in [0.15, 0.2) is 42.6 Å². The molecule has 1 atom stereocenters. The first-order valence-electron chi connectivity index (χ1n) is 10.3. The van der Waals surface area contributed by atoms with E-state index in [-0.39, 0.29) is 24.0 Å². The number of sulfonamides is 1. The summed E-state index contributed by atoms with van der Waals surface area (Å²) in [6.45, 7) is 0.957. The van der Waals surface area contributed by atoms with Crippen molar-refractivity contribution in [3.05, 3.63) is 48.2 Å². The molecule has 1 unspecified atom stereocenters. The van der Waals surface area contributed by atoms with Crippen molar-refractivity contribution in [2.45, 2.75) is 25.4 Å². The monoisotopic (exact) mass is 468 g/mol. The summed E-state index contributed by atoms with van der Waals surface area (Å²) in [5, 5.41) is 2.79. The fourth-order valence-electron chi connectivity index (χ4n) is 4.14. The number of amides is 1. The van der Waals surface area contributed by atoms with Crippen LogP contribution in [0.25, 0.3) is 0 Å². The lowest BCUT2D eigenvalue weighted by molar-refractivity contribution is -0.137. The summed E-state index contributed by atoms with van der Waals surface area (Å²) in [6.07, 6.45) is -1.51. The Balaban J connectivity index is 1.43. The van der Waals surface area contributed by atoms with Crippen LogP contribution >= 0.6 is 0 Å². The summed E-state index contributed by atoms with van der Waals surface area (Å²) in [4.78, 5) is 18.2. The molecule has 1 N–H and O–H groups in total. The third-order valence-electron chi connectivity index (χ3n) is 5.71. The van der Waals surface area contributed by atoms with Gasteiger partial charge in [0, 0.05) is 31.5 Å². The lowest BCUT2D eigenvalue weighted by Crippen LogP contribution is -2.42. The molecule has 0 aliphatic carbocycles. The number of hydrogen-bond acceptors (Lipinski definition) is 5. The summed E-state index contributed by atoms with van der Waals surface area (Å²) in [6, 6.07) is 8.76. The molecule has 7 nitrogen and oxygen atoms in total. The molecule has 1 aromatic carbocycles. The molecule has 3 heterocycles. The van der Waals surface area contributed by atoms with Crippen molar-refractivity contribution in [2.24, 2.45) is 5.92 Å². The fourth-order valence-corrected chi connectivity index (χ4v) is 5.70. The zero-order valence-corrected chi connectivity index (χ0v) is 18.0. The van der Waals surface area contributed by atoms with Crippen LogP contribution in [0.4, 0.5) is 30.4 Å². The molecule has 11 heteroatoms. The lowest BCUT2D eigenvalue weighted by Gasteiger charge is -2.34. The maximum atomic E-state index is 13.4. The predicted octanol–water partition coefficient (Wildman–Crippen LogP) is 3.50. The van der Waals surface area contributed by atoms with E-state index in [1.165, 1.54) is 21.5 Å². The molecule has 2 aliphatic heterocycles. The molecule has 0 bridgehead atoms. The van der Waals surface area contributed by atoms with E-state index < -0.39 is 27.7 Å². The average Bonchev–Trinajstić information content (AvgIpc) is 3.13. The van der Waals surface area contributed by atoms with Gasteiger partial charge in [-0.3, -0.25) is 9.10 Å². The van der Waals surface area contributed by atoms with Gasteiger partial charge in [-0.15, -0.1) is 0 Å². The Morgan fingerprint density at radius 3 is 2.50 bits per heavy atom. The molecule has 172 valence electrons. The van der Waals surface area contributed by atoms with Gasteiger partial charge in [0.15, 0.2) is 0 Å². The van der Waals surface area contributed by atoms with E-state index in [9.17, 15) is 26.4 Å². The molecule has 32 heavy (non-hydrogen) atoms. The molecule has 2 saturated heterocycles. The molecule has 4 rings (SSSR count). The standard InChI is InChI=1S/C21H23F3N4O3S/c22-21(23,24)18-5-1-10-25-19(18)27-11-2-4-15(14-27)20(29)26-16-6-8-17(9-7-16)28-12-3-13-32(28,30)31/h1,5-10,15H,2-4,11-14H2,(H,26,29). The maximum absolute atomic E-state index is 13.4. The van der Waals surface area contributed by atoms with Gasteiger partial charge in [-0.25, -0.2) is 13.4 Å². The van der Waals surface area contributed by atoms with Crippen molar-refractivity contribution in [2.75, 3.05) is 39.9 Å². The van der Waals surface area contributed by atoms with Gasteiger partial charge in [0.2, 0.25) is 15.9 Å². The zero-order valence-electron chi connectivity index (χ0n) is 17.2. The van der Waals surface area contributed by atoms with Crippen LogP contribution in [0.5, 0.6) is 0 Å². The zero-order chi connectivity index (χ0) is 22.9. The van der Waals surface area contributed by atoms with E-state index in [0.717, 1.165) is 6.07 Å². The molecule has 2 aliphatic rings. The fraction of sp³-hybridized carbons (Fsp3) is 0.429. The predicted molar refractivity (Wildman–Crippen MR) is 115 cm³/mol. The third-order valence-corrected chi connectivity index (χ3v) is 7.58. The van der Waals surface area contributed by atoms with Crippen LogP contribution in [0.3, 0.4) is 0 Å². The molecular formula is C21H23F3N4O3S. The summed E-state index contributed by atoms with van der Waals surface area (Å²) in [5.41, 5.74) is 0.231. The molecule has 1 amide bonds. The van der Waals surface area contributed by atoms with Crippen molar-refractivity contribution >= 4 is 33.1 Å². The highest BCUT2D eigenvalue weighted by molar-refractivity contribution is 7.93. The summed E-state index contributed by atoms with van der Waals surface area (Å²) >= 11 is 0. The van der Waals surface area contributed by atoms with Crippen LogP contribution in [-0.4, -0.2) is 44.7 Å². The first kappa shape index (κ1) is 22.4. The summed E-state index contributed by atoms with van der Waals surface area (Å²) in [5.74, 6) is -0.824. The van der Waals surface area contributed by atoms with Crippen LogP contribution < -0.4 is 14.5 Å². The second kappa shape index (κ2) is 8.61. The van der Waals surface area contributed by atoms with E-state index in [2.05, 4.69) is 10.3 Å². The molecular weight excluding hydrogens is 445 g/mol. The summed E-state index contributed by atoms with van der Waals surface area (Å²) in [7, 11) is -3.29. The highest BCUT2D eigenvalue weighted by Crippen LogP contribution is 2.36. The van der Waals surface area contributed by atoms with Crippen molar-refractivity contribution in [1.82, 2.24) is 4.98 Å². The SMILES string of the molecule is O=C(Nc1ccc(N2CCCS2(=O)=O)cc1)C1CCCN(c2ncccc2C(F)(F)F)C1. The van der Waals surface area contributed by atoms with Gasteiger partial charge in [0.1, 0.15) is 5.82 Å². The van der Waals surface area contributed by atoms with Crippen molar-refractivity contribution in [1.29, 1.82) is 0 Å². The first-order valence-corrected chi connectivity index (χ1v) is 11.9. The molecule has 0 radical (unpaired) electrons. The van der Waals surface area contributed by atoms with E-state index in [0.29, 0.717) is 43.7 Å². The largest absolute Gasteiger partial charge is 0.419 e. The van der Waals surface area contributed by atoms with E-state index in [1.54, 1.807) is 24.3 Å². The summed E-state index contributed by atoms with van der Waals surface area (Å²) < 4.78 is 65.5. The minimum atomic E-state index is -4.52. The van der Waals surface area contributed by atoms with Crippen LogP contribution in [0.1, 0.15) is 24.8 Å². The Labute approximate surface area is 184 Å². The number of halogens is 3. The smallest absolute Gasteiger partial charge is 0.355 e. The number of pyridine rings is 1. The van der Waals surface area contributed by atoms with Gasteiger partial charge in [-0.1, -0.05) is 0 Å². The molecule has 2 aromatic rings. The molecule has 0 saturated carbocycles. The van der Waals surface area contributed by atoms with Crippen LogP contribution in [-0.2, 0) is 21.0 Å². The number of rotatable bonds is 4. The molecule has 2 fully saturated rings. The number of benzene rings is 1. The van der Waals surface area contributed by atoms with Crippen molar-refractivity contribution in [3.8, 4) is 0 Å². The van der Waals surface area contributed by atoms with Gasteiger partial charge >= 0.3 is 6.18 Å². The Kier molecular flexibility index (Phi) is 6.02. The first-order chi connectivity index (χ1) is 15.1. The van der Waals surface area contributed by atoms with Crippen molar-refractivity contribution in [3.63, 3.8) is 0 Å². The number of nitrogens with zero attached hydrogens (tertiary/aromatic N) is 3. The Morgan fingerprint density at radius 2 is 1.84 bits per heavy atom. The van der Waals surface area contributed by atoms with E-state index in [1.807, 2.05) is 0 Å². The van der Waals surface area contributed by atoms with Crippen LogP contribution in [0, 0.1) is 5.92 Å². The number of alkyl halides is 3.